The summed E-state index contributed by atoms with van der Waals surface area (Å²) in [5.41, 5.74) is 5.69. The van der Waals surface area contributed by atoms with Gasteiger partial charge in [0.05, 0.1) is 0 Å². The van der Waals surface area contributed by atoms with E-state index in [-0.39, 0.29) is 29.1 Å². The van der Waals surface area contributed by atoms with Crippen LogP contribution in [0.15, 0.2) is 12.1 Å². The lowest BCUT2D eigenvalue weighted by Crippen LogP contribution is -2.22. The van der Waals surface area contributed by atoms with Crippen LogP contribution in [0.1, 0.15) is 29.3 Å². The molecule has 19 heavy (non-hydrogen) atoms. The van der Waals surface area contributed by atoms with Crippen molar-refractivity contribution in [1.29, 1.82) is 0 Å². The topological polar surface area (TPSA) is 84.2 Å². The quantitative estimate of drug-likeness (QED) is 0.676. The lowest BCUT2D eigenvalue weighted by Gasteiger charge is -2.10. The van der Waals surface area contributed by atoms with Gasteiger partial charge in [0.15, 0.2) is 0 Å². The SMILES string of the molecule is CCNCCC(=O)Nc1cc(C(N)=O)cc(F)c1C. The molecule has 6 heteroatoms. The van der Waals surface area contributed by atoms with Gasteiger partial charge in [0.1, 0.15) is 5.82 Å². The molecular weight excluding hydrogens is 249 g/mol. The van der Waals surface area contributed by atoms with Gasteiger partial charge >= 0.3 is 0 Å². The van der Waals surface area contributed by atoms with E-state index in [1.807, 2.05) is 6.92 Å². The summed E-state index contributed by atoms with van der Waals surface area (Å²) < 4.78 is 13.6. The number of halogens is 1. The monoisotopic (exact) mass is 267 g/mol. The Kier molecular flexibility index (Phi) is 5.44. The molecule has 104 valence electrons. The molecule has 5 nitrogen and oxygen atoms in total. The number of rotatable bonds is 6. The number of nitrogens with two attached hydrogens (primary N) is 1. The first kappa shape index (κ1) is 15.1. The predicted molar refractivity (Wildman–Crippen MR) is 71.4 cm³/mol. The molecule has 1 rings (SSSR count). The van der Waals surface area contributed by atoms with E-state index in [0.717, 1.165) is 12.6 Å². The Morgan fingerprint density at radius 2 is 2.05 bits per heavy atom. The molecule has 1 aromatic rings. The first-order chi connectivity index (χ1) is 8.95. The highest BCUT2D eigenvalue weighted by Crippen LogP contribution is 2.20. The molecule has 0 aliphatic carbocycles. The number of hydrogen-bond donors (Lipinski definition) is 3. The maximum Gasteiger partial charge on any atom is 0.248 e. The predicted octanol–water partition coefficient (Wildman–Crippen LogP) is 1.17. The van der Waals surface area contributed by atoms with Gasteiger partial charge in [-0.1, -0.05) is 6.92 Å². The highest BCUT2D eigenvalue weighted by Gasteiger charge is 2.12. The second-order valence-corrected chi connectivity index (χ2v) is 4.15. The Balaban J connectivity index is 2.82. The molecule has 4 N–H and O–H groups in total. The van der Waals surface area contributed by atoms with E-state index in [1.54, 1.807) is 0 Å². The smallest absolute Gasteiger partial charge is 0.248 e. The van der Waals surface area contributed by atoms with Crippen molar-refractivity contribution in [3.63, 3.8) is 0 Å². The molecule has 0 atom stereocenters. The molecule has 0 saturated carbocycles. The van der Waals surface area contributed by atoms with Crippen LogP contribution >= 0.6 is 0 Å². The van der Waals surface area contributed by atoms with Crippen LogP contribution < -0.4 is 16.4 Å². The van der Waals surface area contributed by atoms with Gasteiger partial charge in [-0.3, -0.25) is 9.59 Å². The van der Waals surface area contributed by atoms with E-state index < -0.39 is 11.7 Å². The van der Waals surface area contributed by atoms with Gasteiger partial charge in [-0.05, 0) is 25.6 Å². The van der Waals surface area contributed by atoms with Crippen molar-refractivity contribution in [2.24, 2.45) is 5.73 Å². The van der Waals surface area contributed by atoms with E-state index in [1.165, 1.54) is 13.0 Å². The average molecular weight is 267 g/mol. The summed E-state index contributed by atoms with van der Waals surface area (Å²) in [5.74, 6) is -1.55. The van der Waals surface area contributed by atoms with Crippen molar-refractivity contribution in [3.05, 3.63) is 29.1 Å². The largest absolute Gasteiger partial charge is 0.366 e. The van der Waals surface area contributed by atoms with E-state index in [2.05, 4.69) is 10.6 Å². The maximum atomic E-state index is 13.6. The zero-order valence-corrected chi connectivity index (χ0v) is 11.0. The summed E-state index contributed by atoms with van der Waals surface area (Å²) in [6.07, 6.45) is 0.274. The minimum atomic E-state index is -0.734. The Morgan fingerprint density at radius 3 is 2.63 bits per heavy atom. The number of carbonyl (C=O) groups is 2. The van der Waals surface area contributed by atoms with Gasteiger partial charge < -0.3 is 16.4 Å². The lowest BCUT2D eigenvalue weighted by molar-refractivity contribution is -0.116. The number of hydrogen-bond acceptors (Lipinski definition) is 3. The third-order valence-electron chi connectivity index (χ3n) is 2.68. The number of primary amides is 1. The van der Waals surface area contributed by atoms with E-state index >= 15 is 0 Å². The fourth-order valence-corrected chi connectivity index (χ4v) is 1.54. The Labute approximate surface area is 111 Å². The molecule has 0 fully saturated rings. The van der Waals surface area contributed by atoms with Gasteiger partial charge in [-0.15, -0.1) is 0 Å². The Hall–Kier alpha value is -1.95. The molecule has 0 unspecified atom stereocenters. The lowest BCUT2D eigenvalue weighted by atomic mass is 10.1. The van der Waals surface area contributed by atoms with Crippen molar-refractivity contribution < 1.29 is 14.0 Å². The standard InChI is InChI=1S/C13H18FN3O2/c1-3-16-5-4-12(18)17-11-7-9(13(15)19)6-10(14)8(11)2/h6-7,16H,3-5H2,1-2H3,(H2,15,19)(H,17,18). The van der Waals surface area contributed by atoms with Gasteiger partial charge in [-0.2, -0.15) is 0 Å². The van der Waals surface area contributed by atoms with E-state index in [9.17, 15) is 14.0 Å². The molecule has 2 amide bonds. The van der Waals surface area contributed by atoms with Crippen LogP contribution in [0.4, 0.5) is 10.1 Å². The van der Waals surface area contributed by atoms with Crippen molar-refractivity contribution in [3.8, 4) is 0 Å². The summed E-state index contributed by atoms with van der Waals surface area (Å²) in [7, 11) is 0. The fraction of sp³-hybridized carbons (Fsp3) is 0.385. The van der Waals surface area contributed by atoms with E-state index in [4.69, 9.17) is 5.73 Å². The molecular formula is C13H18FN3O2. The number of anilines is 1. The van der Waals surface area contributed by atoms with E-state index in [0.29, 0.717) is 6.54 Å². The fourth-order valence-electron chi connectivity index (χ4n) is 1.54. The zero-order chi connectivity index (χ0) is 14.4. The molecule has 0 aliphatic heterocycles. The third kappa shape index (κ3) is 4.33. The second-order valence-electron chi connectivity index (χ2n) is 4.15. The van der Waals surface area contributed by atoms with Crippen LogP contribution in [0.3, 0.4) is 0 Å². The summed E-state index contributed by atoms with van der Waals surface area (Å²) in [4.78, 5) is 22.7. The van der Waals surface area contributed by atoms with Crippen LogP contribution in [0, 0.1) is 12.7 Å². The maximum absolute atomic E-state index is 13.6. The normalized spacial score (nSPS) is 10.3. The number of benzene rings is 1. The van der Waals surface area contributed by atoms with Crippen LogP contribution in [-0.4, -0.2) is 24.9 Å². The molecule has 0 radical (unpaired) electrons. The molecule has 0 heterocycles. The zero-order valence-electron chi connectivity index (χ0n) is 11.0. The third-order valence-corrected chi connectivity index (χ3v) is 2.68. The average Bonchev–Trinajstić information content (AvgIpc) is 2.34. The second kappa shape index (κ2) is 6.84. The number of carbonyl (C=O) groups excluding carboxylic acids is 2. The van der Waals surface area contributed by atoms with Gasteiger partial charge in [-0.25, -0.2) is 4.39 Å². The number of nitrogens with one attached hydrogen (secondary N) is 2. The molecule has 0 spiro atoms. The van der Waals surface area contributed by atoms with Gasteiger partial charge in [0, 0.05) is 29.8 Å². The van der Waals surface area contributed by atoms with Crippen molar-refractivity contribution in [2.75, 3.05) is 18.4 Å². The van der Waals surface area contributed by atoms with Gasteiger partial charge in [0.2, 0.25) is 11.8 Å². The Morgan fingerprint density at radius 1 is 1.37 bits per heavy atom. The van der Waals surface area contributed by atoms with Crippen molar-refractivity contribution in [1.82, 2.24) is 5.32 Å². The van der Waals surface area contributed by atoms with Crippen LogP contribution in [0.25, 0.3) is 0 Å². The molecule has 1 aromatic carbocycles. The summed E-state index contributed by atoms with van der Waals surface area (Å²) >= 11 is 0. The highest BCUT2D eigenvalue weighted by molar-refractivity contribution is 5.97. The molecule has 0 aromatic heterocycles. The summed E-state index contributed by atoms with van der Waals surface area (Å²) in [5, 5.41) is 5.59. The van der Waals surface area contributed by atoms with Crippen molar-refractivity contribution >= 4 is 17.5 Å². The van der Waals surface area contributed by atoms with Crippen LogP contribution in [-0.2, 0) is 4.79 Å². The number of amides is 2. The minimum absolute atomic E-state index is 0.0325. The van der Waals surface area contributed by atoms with Crippen LogP contribution in [0.2, 0.25) is 0 Å². The summed E-state index contributed by atoms with van der Waals surface area (Å²) in [6.45, 7) is 4.78. The minimum Gasteiger partial charge on any atom is -0.366 e. The van der Waals surface area contributed by atoms with Crippen molar-refractivity contribution in [2.45, 2.75) is 20.3 Å². The molecule has 0 bridgehead atoms. The first-order valence-electron chi connectivity index (χ1n) is 6.06. The highest BCUT2D eigenvalue weighted by atomic mass is 19.1. The first-order valence-corrected chi connectivity index (χ1v) is 6.06. The molecule has 0 saturated heterocycles. The molecule has 0 aliphatic rings. The summed E-state index contributed by atoms with van der Waals surface area (Å²) in [6, 6.07) is 2.44. The Bertz CT molecular complexity index is 489. The van der Waals surface area contributed by atoms with Gasteiger partial charge in [0.25, 0.3) is 0 Å². The van der Waals surface area contributed by atoms with Crippen LogP contribution in [0.5, 0.6) is 0 Å².